The quantitative estimate of drug-likeness (QED) is 0.642. The Balaban J connectivity index is 2.62. The van der Waals surface area contributed by atoms with Crippen molar-refractivity contribution in [1.29, 1.82) is 0 Å². The van der Waals surface area contributed by atoms with Crippen molar-refractivity contribution in [3.05, 3.63) is 18.0 Å². The van der Waals surface area contributed by atoms with Gasteiger partial charge in [0.15, 0.2) is 0 Å². The molecule has 0 unspecified atom stereocenters. The lowest BCUT2D eigenvalue weighted by atomic mass is 10.2. The van der Waals surface area contributed by atoms with Gasteiger partial charge in [0, 0.05) is 44.7 Å². The summed E-state index contributed by atoms with van der Waals surface area (Å²) in [7, 11) is -1.79. The van der Waals surface area contributed by atoms with E-state index in [4.69, 9.17) is 10.5 Å². The maximum Gasteiger partial charge on any atom is 0.242 e. The summed E-state index contributed by atoms with van der Waals surface area (Å²) in [5.41, 5.74) is 6.49. The van der Waals surface area contributed by atoms with Gasteiger partial charge in [0.2, 0.25) is 10.0 Å². The molecule has 3 N–H and O–H groups in total. The highest BCUT2D eigenvalue weighted by molar-refractivity contribution is 7.89. The van der Waals surface area contributed by atoms with Crippen molar-refractivity contribution < 1.29 is 13.2 Å². The molecule has 1 heterocycles. The minimum Gasteiger partial charge on any atom is -0.385 e. The van der Waals surface area contributed by atoms with E-state index >= 15 is 0 Å². The maximum absolute atomic E-state index is 12.2. The van der Waals surface area contributed by atoms with Crippen LogP contribution in [-0.2, 0) is 21.3 Å². The monoisotopic (exact) mass is 317 g/mol. The first-order valence-electron chi connectivity index (χ1n) is 7.31. The zero-order valence-corrected chi connectivity index (χ0v) is 13.9. The highest BCUT2D eigenvalue weighted by atomic mass is 32.2. The molecule has 0 amide bonds. The van der Waals surface area contributed by atoms with E-state index in [0.29, 0.717) is 19.7 Å². The van der Waals surface area contributed by atoms with Gasteiger partial charge in [0.05, 0.1) is 4.90 Å². The summed E-state index contributed by atoms with van der Waals surface area (Å²) in [6.45, 7) is 5.48. The predicted molar refractivity (Wildman–Crippen MR) is 83.6 cm³/mol. The van der Waals surface area contributed by atoms with Gasteiger partial charge in [-0.15, -0.1) is 0 Å². The van der Waals surface area contributed by atoms with Gasteiger partial charge in [-0.2, -0.15) is 0 Å². The number of hydrogen-bond donors (Lipinski definition) is 2. The molecule has 0 fully saturated rings. The fourth-order valence-electron chi connectivity index (χ4n) is 2.13. The van der Waals surface area contributed by atoms with E-state index in [1.54, 1.807) is 19.4 Å². The fourth-order valence-corrected chi connectivity index (χ4v) is 3.25. The molecule has 0 bridgehead atoms. The normalized spacial score (nSPS) is 12.2. The molecule has 0 aliphatic heterocycles. The van der Waals surface area contributed by atoms with Gasteiger partial charge >= 0.3 is 0 Å². The second-order valence-electron chi connectivity index (χ2n) is 5.32. The summed E-state index contributed by atoms with van der Waals surface area (Å²) in [5, 5.41) is 0. The van der Waals surface area contributed by atoms with Crippen LogP contribution in [0.5, 0.6) is 0 Å². The third kappa shape index (κ3) is 5.43. The van der Waals surface area contributed by atoms with E-state index in [9.17, 15) is 8.42 Å². The Morgan fingerprint density at radius 3 is 2.57 bits per heavy atom. The van der Waals surface area contributed by atoms with E-state index in [2.05, 4.69) is 4.72 Å². The average Bonchev–Trinajstić information content (AvgIpc) is 2.88. The van der Waals surface area contributed by atoms with Crippen molar-refractivity contribution >= 4 is 10.0 Å². The Morgan fingerprint density at radius 2 is 2.05 bits per heavy atom. The number of aromatic nitrogens is 1. The van der Waals surface area contributed by atoms with E-state index in [0.717, 1.165) is 25.0 Å². The van der Waals surface area contributed by atoms with Gasteiger partial charge in [0.1, 0.15) is 0 Å². The summed E-state index contributed by atoms with van der Waals surface area (Å²) in [6, 6.07) is 1.83. The molecule has 0 spiro atoms. The zero-order valence-electron chi connectivity index (χ0n) is 13.1. The second kappa shape index (κ2) is 8.53. The van der Waals surface area contributed by atoms with Crippen LogP contribution in [-0.4, -0.2) is 33.2 Å². The van der Waals surface area contributed by atoms with Crippen LogP contribution in [0.15, 0.2) is 17.2 Å². The van der Waals surface area contributed by atoms with Gasteiger partial charge < -0.3 is 15.0 Å². The predicted octanol–water partition coefficient (Wildman–Crippen LogP) is 1.62. The number of nitrogens with zero attached hydrogens (tertiary/aromatic N) is 1. The summed E-state index contributed by atoms with van der Waals surface area (Å²) in [6.07, 6.45) is 4.34. The topological polar surface area (TPSA) is 86.3 Å². The van der Waals surface area contributed by atoms with Crippen LogP contribution in [0.2, 0.25) is 0 Å². The third-order valence-corrected chi connectivity index (χ3v) is 4.73. The van der Waals surface area contributed by atoms with Crippen LogP contribution in [0.1, 0.15) is 44.8 Å². The van der Waals surface area contributed by atoms with E-state index in [-0.39, 0.29) is 10.9 Å². The third-order valence-electron chi connectivity index (χ3n) is 3.30. The SMILES string of the molecule is COCCCCCNS(=O)(=O)c1cc(CN)n(C(C)C)c1. The van der Waals surface area contributed by atoms with Crippen molar-refractivity contribution in [1.82, 2.24) is 9.29 Å². The van der Waals surface area contributed by atoms with Crippen molar-refractivity contribution in [3.8, 4) is 0 Å². The first-order valence-corrected chi connectivity index (χ1v) is 8.80. The molecule has 21 heavy (non-hydrogen) atoms. The Bertz CT molecular complexity index is 524. The number of nitrogens with two attached hydrogens (primary N) is 1. The summed E-state index contributed by atoms with van der Waals surface area (Å²) in [5.74, 6) is 0. The molecule has 0 aromatic carbocycles. The van der Waals surface area contributed by atoms with Crippen LogP contribution in [0.25, 0.3) is 0 Å². The molecule has 1 aromatic rings. The average molecular weight is 317 g/mol. The summed E-state index contributed by atoms with van der Waals surface area (Å²) in [4.78, 5) is 0.286. The smallest absolute Gasteiger partial charge is 0.242 e. The Labute approximate surface area is 127 Å². The number of rotatable bonds is 10. The minimum atomic E-state index is -3.46. The van der Waals surface area contributed by atoms with Gasteiger partial charge in [-0.05, 0) is 39.2 Å². The number of sulfonamides is 1. The lowest BCUT2D eigenvalue weighted by Gasteiger charge is -2.10. The maximum atomic E-state index is 12.2. The molecule has 122 valence electrons. The highest BCUT2D eigenvalue weighted by Crippen LogP contribution is 2.18. The number of nitrogens with one attached hydrogen (secondary N) is 1. The van der Waals surface area contributed by atoms with Gasteiger partial charge in [-0.25, -0.2) is 13.1 Å². The number of hydrogen-bond acceptors (Lipinski definition) is 4. The molecule has 0 saturated heterocycles. The van der Waals surface area contributed by atoms with Crippen molar-refractivity contribution in [2.45, 2.75) is 50.6 Å². The first kappa shape index (κ1) is 18.2. The molecule has 0 atom stereocenters. The van der Waals surface area contributed by atoms with Crippen molar-refractivity contribution in [2.24, 2.45) is 5.73 Å². The first-order chi connectivity index (χ1) is 9.92. The van der Waals surface area contributed by atoms with E-state index in [1.165, 1.54) is 0 Å². The van der Waals surface area contributed by atoms with Gasteiger partial charge in [-0.3, -0.25) is 0 Å². The molecular formula is C14H27N3O3S. The van der Waals surface area contributed by atoms with Crippen LogP contribution >= 0.6 is 0 Å². The molecule has 7 heteroatoms. The summed E-state index contributed by atoms with van der Waals surface area (Å²) < 4.78 is 34.0. The molecule has 0 radical (unpaired) electrons. The van der Waals surface area contributed by atoms with Gasteiger partial charge in [0.25, 0.3) is 0 Å². The Morgan fingerprint density at radius 1 is 1.33 bits per heavy atom. The molecule has 0 saturated carbocycles. The van der Waals surface area contributed by atoms with E-state index < -0.39 is 10.0 Å². The highest BCUT2D eigenvalue weighted by Gasteiger charge is 2.18. The van der Waals surface area contributed by atoms with Gasteiger partial charge in [-0.1, -0.05) is 0 Å². The molecule has 6 nitrogen and oxygen atoms in total. The molecule has 1 rings (SSSR count). The van der Waals surface area contributed by atoms with Crippen molar-refractivity contribution in [3.63, 3.8) is 0 Å². The van der Waals surface area contributed by atoms with Crippen LogP contribution in [0.4, 0.5) is 0 Å². The van der Waals surface area contributed by atoms with Crippen LogP contribution in [0.3, 0.4) is 0 Å². The molecule has 1 aromatic heterocycles. The van der Waals surface area contributed by atoms with Crippen LogP contribution in [0, 0.1) is 0 Å². The lowest BCUT2D eigenvalue weighted by molar-refractivity contribution is 0.192. The number of unbranched alkanes of at least 4 members (excludes halogenated alkanes) is 2. The number of methoxy groups -OCH3 is 1. The van der Waals surface area contributed by atoms with E-state index in [1.807, 2.05) is 18.4 Å². The largest absolute Gasteiger partial charge is 0.385 e. The standard InChI is InChI=1S/C14H27N3O3S/c1-12(2)17-11-14(9-13(17)10-15)21(18,19)16-7-5-4-6-8-20-3/h9,11-12,16H,4-8,10,15H2,1-3H3. The second-order valence-corrected chi connectivity index (χ2v) is 7.09. The lowest BCUT2D eigenvalue weighted by Crippen LogP contribution is -2.24. The number of ether oxygens (including phenoxy) is 1. The minimum absolute atomic E-state index is 0.182. The zero-order chi connectivity index (χ0) is 15.9. The molecular weight excluding hydrogens is 290 g/mol. The van der Waals surface area contributed by atoms with Crippen molar-refractivity contribution in [2.75, 3.05) is 20.3 Å². The fraction of sp³-hybridized carbons (Fsp3) is 0.714. The molecule has 0 aliphatic rings. The Kier molecular flexibility index (Phi) is 7.37. The van der Waals surface area contributed by atoms with Crippen LogP contribution < -0.4 is 10.5 Å². The molecule has 0 aliphatic carbocycles. The Hall–Kier alpha value is -0.890. The summed E-state index contributed by atoms with van der Waals surface area (Å²) >= 11 is 0.